The third-order valence-corrected chi connectivity index (χ3v) is 16.8. The molecule has 0 saturated carbocycles. The quantitative estimate of drug-likeness (QED) is 0.0449. The first-order valence-electron chi connectivity index (χ1n) is 11.3. The van der Waals surface area contributed by atoms with Gasteiger partial charge < -0.3 is 39.0 Å². The molecule has 0 aromatic rings. The van der Waals surface area contributed by atoms with Gasteiger partial charge in [-0.1, -0.05) is 0 Å². The number of aliphatic hydroxyl groups excluding tert-OH is 3. The lowest BCUT2D eigenvalue weighted by molar-refractivity contribution is -0.159. The van der Waals surface area contributed by atoms with Gasteiger partial charge in [-0.2, -0.15) is 0 Å². The van der Waals surface area contributed by atoms with E-state index >= 15 is 0 Å². The predicted octanol–water partition coefficient (Wildman–Crippen LogP) is 6.22. The first kappa shape index (κ1) is 42.7. The lowest BCUT2D eigenvalue weighted by atomic mass is 9.91. The average Bonchev–Trinajstić information content (AvgIpc) is 2.94. The van der Waals surface area contributed by atoms with Crippen LogP contribution in [0.5, 0.6) is 0 Å². The largest absolute Gasteiger partial charge is 0.478 e. The molecular formula is C19H30O10S12. The summed E-state index contributed by atoms with van der Waals surface area (Å²) in [5.41, 5.74) is -3.19. The summed E-state index contributed by atoms with van der Waals surface area (Å²) in [6.07, 6.45) is 0. The molecule has 1 atom stereocenters. The van der Waals surface area contributed by atoms with E-state index in [1.54, 1.807) is 27.7 Å². The molecule has 0 spiro atoms. The fourth-order valence-corrected chi connectivity index (χ4v) is 14.2. The lowest BCUT2D eigenvalue weighted by Crippen LogP contribution is -2.56. The third-order valence-electron chi connectivity index (χ3n) is 3.93. The van der Waals surface area contributed by atoms with Gasteiger partial charge in [-0.05, 0) is 141 Å². The molecule has 0 aliphatic carbocycles. The number of aliphatic hydroxyl groups is 3. The maximum Gasteiger partial charge on any atom is 0.332 e. The van der Waals surface area contributed by atoms with E-state index in [1.165, 1.54) is 0 Å². The highest BCUT2D eigenvalue weighted by atomic mass is 33.1. The monoisotopic (exact) mass is 802 g/mol. The molecular weight excluding hydrogens is 773 g/mol. The molecule has 10 nitrogen and oxygen atoms in total. The molecule has 41 heavy (non-hydrogen) atoms. The van der Waals surface area contributed by atoms with Crippen LogP contribution in [-0.2, 0) is 32.7 Å². The molecule has 3 N–H and O–H groups in total. The second-order valence-corrected chi connectivity index (χ2v) is 17.8. The van der Waals surface area contributed by atoms with Crippen LogP contribution >= 0.6 is 136 Å². The molecule has 0 rings (SSSR count). The molecule has 0 fully saturated rings. The van der Waals surface area contributed by atoms with Crippen molar-refractivity contribution in [3.05, 3.63) is 0 Å². The van der Waals surface area contributed by atoms with Crippen molar-refractivity contribution in [2.45, 2.75) is 37.4 Å². The number of ether oxygens (including phenoxy) is 5. The van der Waals surface area contributed by atoms with Crippen molar-refractivity contribution < 1.29 is 48.0 Å². The van der Waals surface area contributed by atoms with Gasteiger partial charge in [0.2, 0.25) is 21.8 Å². The molecule has 0 radical (unpaired) electrons. The molecule has 0 amide bonds. The van der Waals surface area contributed by atoms with E-state index in [1.807, 2.05) is 0 Å². The lowest BCUT2D eigenvalue weighted by Gasteiger charge is -2.47. The van der Waals surface area contributed by atoms with Crippen LogP contribution in [0.15, 0.2) is 0 Å². The number of rotatable bonds is 19. The standard InChI is InChI=1S/C19H30O10S12/c1-5-24-14(30)35-34-13(28-12(23)9-20)18(10-21,11-22)19(39-36-15(31)25-6-2,40-37-16(32)26-7-3)29-41-38-17(33)27-8-4/h13,20-22H,5-11H2,1-4H3. The Morgan fingerprint density at radius 1 is 0.707 bits per heavy atom. The minimum atomic E-state index is -1.82. The predicted molar refractivity (Wildman–Crippen MR) is 195 cm³/mol. The van der Waals surface area contributed by atoms with Crippen molar-refractivity contribution in [3.8, 4) is 0 Å². The van der Waals surface area contributed by atoms with Crippen LogP contribution in [0.1, 0.15) is 27.7 Å². The van der Waals surface area contributed by atoms with Crippen LogP contribution in [0.25, 0.3) is 0 Å². The maximum atomic E-state index is 12.4. The first-order chi connectivity index (χ1) is 19.5. The zero-order valence-electron chi connectivity index (χ0n) is 22.1. The Kier molecular flexibility index (Phi) is 25.9. The fraction of sp³-hybridized carbons (Fsp3) is 0.737. The Balaban J connectivity index is 6.92. The summed E-state index contributed by atoms with van der Waals surface area (Å²) in [5.74, 6) is -1.02. The fourth-order valence-electron chi connectivity index (χ4n) is 2.13. The van der Waals surface area contributed by atoms with Crippen molar-refractivity contribution in [3.63, 3.8) is 0 Å². The summed E-state index contributed by atoms with van der Waals surface area (Å²) in [4.78, 5) is 12.4. The normalized spacial score (nSPS) is 12.3. The van der Waals surface area contributed by atoms with Crippen LogP contribution in [0.3, 0.4) is 0 Å². The zero-order chi connectivity index (χ0) is 31.3. The van der Waals surface area contributed by atoms with Crippen molar-refractivity contribution >= 4 is 159 Å². The molecule has 238 valence electrons. The van der Waals surface area contributed by atoms with E-state index in [0.717, 1.165) is 86.6 Å². The molecule has 0 saturated heterocycles. The third kappa shape index (κ3) is 15.7. The summed E-state index contributed by atoms with van der Waals surface area (Å²) >= 11 is 21.8. The van der Waals surface area contributed by atoms with Gasteiger partial charge in [0.1, 0.15) is 12.0 Å². The summed E-state index contributed by atoms with van der Waals surface area (Å²) in [5, 5.41) is 31.4. The van der Waals surface area contributed by atoms with Gasteiger partial charge >= 0.3 is 5.97 Å². The van der Waals surface area contributed by atoms with E-state index < -0.39 is 40.9 Å². The highest BCUT2D eigenvalue weighted by molar-refractivity contribution is 8.92. The minimum absolute atomic E-state index is 0.116. The van der Waals surface area contributed by atoms with Gasteiger partial charge in [0.15, 0.2) is 5.44 Å². The Bertz CT molecular complexity index is 811. The number of hydrogen-bond acceptors (Lipinski definition) is 22. The highest BCUT2D eigenvalue weighted by Gasteiger charge is 2.62. The second kappa shape index (κ2) is 24.8. The Labute approximate surface area is 293 Å². The van der Waals surface area contributed by atoms with Crippen molar-refractivity contribution in [1.29, 1.82) is 0 Å². The van der Waals surface area contributed by atoms with Gasteiger partial charge in [0.25, 0.3) is 0 Å². The minimum Gasteiger partial charge on any atom is -0.478 e. The zero-order valence-corrected chi connectivity index (χ0v) is 31.9. The van der Waals surface area contributed by atoms with Gasteiger partial charge in [-0.3, -0.25) is 4.18 Å². The maximum absolute atomic E-state index is 12.4. The topological polar surface area (TPSA) is 133 Å². The van der Waals surface area contributed by atoms with Crippen LogP contribution < -0.4 is 0 Å². The number of carbonyl (C=O) groups is 1. The molecule has 0 heterocycles. The van der Waals surface area contributed by atoms with Crippen LogP contribution in [0.4, 0.5) is 0 Å². The smallest absolute Gasteiger partial charge is 0.332 e. The summed E-state index contributed by atoms with van der Waals surface area (Å²) in [6.45, 7) is 5.74. The summed E-state index contributed by atoms with van der Waals surface area (Å²) < 4.78 is 32.2. The average molecular weight is 803 g/mol. The molecule has 0 aromatic heterocycles. The Hall–Kier alpha value is 1.67. The van der Waals surface area contributed by atoms with Gasteiger partial charge in [-0.25, -0.2) is 4.79 Å². The van der Waals surface area contributed by atoms with Crippen LogP contribution in [0, 0.1) is 5.41 Å². The number of thiocarbonyl (C=S) groups is 4. The van der Waals surface area contributed by atoms with E-state index in [0.29, 0.717) is 26.4 Å². The van der Waals surface area contributed by atoms with Crippen LogP contribution in [-0.4, -0.2) is 94.8 Å². The highest BCUT2D eigenvalue weighted by Crippen LogP contribution is 2.65. The number of esters is 1. The van der Waals surface area contributed by atoms with E-state index in [2.05, 4.69) is 0 Å². The van der Waals surface area contributed by atoms with Crippen molar-refractivity contribution in [2.75, 3.05) is 46.2 Å². The van der Waals surface area contributed by atoms with E-state index in [-0.39, 0.29) is 17.5 Å². The SMILES string of the molecule is CCOC(=S)SSOC(SSC(=S)OCC)(SSC(=S)OCC)C(CO)(CO)C(OC(=O)CO)SSC(=S)OCC. The molecule has 22 heteroatoms. The molecule has 1 unspecified atom stereocenters. The molecule has 0 aliphatic heterocycles. The molecule has 0 bridgehead atoms. The Morgan fingerprint density at radius 2 is 1.12 bits per heavy atom. The molecule has 0 aliphatic rings. The van der Waals surface area contributed by atoms with Gasteiger partial charge in [-0.15, -0.1) is 0 Å². The summed E-state index contributed by atoms with van der Waals surface area (Å²) in [6, 6.07) is 0. The van der Waals surface area contributed by atoms with Gasteiger partial charge in [0.05, 0.1) is 50.7 Å². The molecule has 0 aromatic carbocycles. The van der Waals surface area contributed by atoms with E-state index in [9.17, 15) is 20.1 Å². The van der Waals surface area contributed by atoms with Crippen molar-refractivity contribution in [2.24, 2.45) is 5.41 Å². The van der Waals surface area contributed by atoms with Gasteiger partial charge in [0, 0.05) is 10.8 Å². The summed E-state index contributed by atoms with van der Waals surface area (Å²) in [7, 11) is 6.75. The number of carbonyl (C=O) groups excluding carboxylic acids is 1. The second-order valence-electron chi connectivity index (χ2n) is 6.49. The first-order valence-corrected chi connectivity index (χ1v) is 21.5. The van der Waals surface area contributed by atoms with Crippen LogP contribution in [0.2, 0.25) is 0 Å². The van der Waals surface area contributed by atoms with E-state index in [4.69, 9.17) is 76.7 Å². The number of hydrogen-bond donors (Lipinski definition) is 3. The van der Waals surface area contributed by atoms with Crippen molar-refractivity contribution in [1.82, 2.24) is 0 Å². The Morgan fingerprint density at radius 3 is 1.51 bits per heavy atom.